The van der Waals surface area contributed by atoms with Gasteiger partial charge in [0.2, 0.25) is 5.95 Å². The number of aromatic nitrogens is 4. The maximum absolute atomic E-state index is 13.5. The third-order valence-electron chi connectivity index (χ3n) is 7.19. The van der Waals surface area contributed by atoms with E-state index in [1.165, 1.54) is 4.57 Å². The molecule has 0 aromatic carbocycles. The summed E-state index contributed by atoms with van der Waals surface area (Å²) < 4.78 is 14.1. The third kappa shape index (κ3) is 5.88. The van der Waals surface area contributed by atoms with Gasteiger partial charge in [0.05, 0.1) is 25.9 Å². The van der Waals surface area contributed by atoms with Crippen LogP contribution in [0.2, 0.25) is 0 Å². The van der Waals surface area contributed by atoms with Crippen LogP contribution in [0.4, 0.5) is 15.5 Å². The second-order valence-electron chi connectivity index (χ2n) is 9.71. The average Bonchev–Trinajstić information content (AvgIpc) is 3.28. The zero-order chi connectivity index (χ0) is 28.3. The molecule has 2 saturated heterocycles. The molecule has 0 spiro atoms. The van der Waals surface area contributed by atoms with E-state index in [-0.39, 0.29) is 36.4 Å². The van der Waals surface area contributed by atoms with E-state index in [2.05, 4.69) is 4.98 Å². The fourth-order valence-corrected chi connectivity index (χ4v) is 5.07. The standard InChI is InChI=1S/C24H38N8O7/c1-5-38-23(36)30-9-7-28(8-10-30)15-17(33)16-32-20(34)18-19(27(4)22(32)35)25-21(26(18)3)29-11-13-31(14-12-29)24(37)39-6-2/h17,33H,5-16H2,1-4H3. The Kier molecular flexibility index (Phi) is 8.80. The van der Waals surface area contributed by atoms with Crippen LogP contribution in [-0.2, 0) is 30.1 Å². The highest BCUT2D eigenvalue weighted by Gasteiger charge is 2.28. The van der Waals surface area contributed by atoms with E-state index in [1.807, 2.05) is 9.80 Å². The van der Waals surface area contributed by atoms with Crippen molar-refractivity contribution in [3.63, 3.8) is 0 Å². The lowest BCUT2D eigenvalue weighted by atomic mass is 10.2. The number of anilines is 1. The number of hydrogen-bond donors (Lipinski definition) is 1. The summed E-state index contributed by atoms with van der Waals surface area (Å²) >= 11 is 0. The number of hydrogen-bond acceptors (Lipinski definition) is 10. The number of aliphatic hydroxyl groups is 1. The fraction of sp³-hybridized carbons (Fsp3) is 0.708. The number of rotatable bonds is 7. The SMILES string of the molecule is CCOC(=O)N1CCN(CC(O)Cn2c(=O)c3c(nc(N4CCN(C(=O)OCC)CC4)n3C)n(C)c2=O)CC1. The molecular formula is C24H38N8O7. The van der Waals surface area contributed by atoms with Crippen molar-refractivity contribution in [2.75, 3.05) is 77.0 Å². The second-order valence-corrected chi connectivity index (χ2v) is 9.71. The van der Waals surface area contributed by atoms with Crippen molar-refractivity contribution in [3.8, 4) is 0 Å². The number of carbonyl (C=O) groups is 2. The lowest BCUT2D eigenvalue weighted by Crippen LogP contribution is -2.51. The Bertz CT molecular complexity index is 1300. The van der Waals surface area contributed by atoms with Crippen molar-refractivity contribution in [1.82, 2.24) is 33.4 Å². The quantitative estimate of drug-likeness (QED) is 0.448. The molecule has 1 unspecified atom stereocenters. The molecule has 2 amide bonds. The topological polar surface area (TPSA) is 148 Å². The van der Waals surface area contributed by atoms with Gasteiger partial charge in [-0.25, -0.2) is 14.4 Å². The van der Waals surface area contributed by atoms with Gasteiger partial charge < -0.3 is 33.8 Å². The maximum atomic E-state index is 13.5. The molecule has 0 radical (unpaired) electrons. The lowest BCUT2D eigenvalue weighted by Gasteiger charge is -2.34. The monoisotopic (exact) mass is 550 g/mol. The van der Waals surface area contributed by atoms with E-state index in [0.29, 0.717) is 71.5 Å². The summed E-state index contributed by atoms with van der Waals surface area (Å²) in [7, 11) is 3.27. The molecule has 2 aliphatic rings. The van der Waals surface area contributed by atoms with E-state index in [0.717, 1.165) is 4.57 Å². The van der Waals surface area contributed by atoms with Crippen LogP contribution in [0.5, 0.6) is 0 Å². The molecular weight excluding hydrogens is 512 g/mol. The average molecular weight is 551 g/mol. The minimum absolute atomic E-state index is 0.168. The number of carbonyl (C=O) groups excluding carboxylic acids is 2. The molecule has 1 atom stereocenters. The smallest absolute Gasteiger partial charge is 0.409 e. The van der Waals surface area contributed by atoms with Gasteiger partial charge in [-0.15, -0.1) is 0 Å². The van der Waals surface area contributed by atoms with Crippen molar-refractivity contribution in [2.24, 2.45) is 14.1 Å². The van der Waals surface area contributed by atoms with E-state index in [9.17, 15) is 24.3 Å². The zero-order valence-corrected chi connectivity index (χ0v) is 23.0. The summed E-state index contributed by atoms with van der Waals surface area (Å²) in [5.41, 5.74) is -0.563. The first kappa shape index (κ1) is 28.4. The number of nitrogens with zero attached hydrogens (tertiary/aromatic N) is 8. The van der Waals surface area contributed by atoms with Gasteiger partial charge in [0.1, 0.15) is 0 Å². The number of aliphatic hydroxyl groups excluding tert-OH is 1. The molecule has 15 nitrogen and oxygen atoms in total. The van der Waals surface area contributed by atoms with Crippen LogP contribution in [0, 0.1) is 0 Å². The molecule has 0 saturated carbocycles. The molecule has 2 aliphatic heterocycles. The van der Waals surface area contributed by atoms with Gasteiger partial charge in [0.15, 0.2) is 11.2 Å². The van der Waals surface area contributed by atoms with Gasteiger partial charge in [-0.05, 0) is 13.8 Å². The molecule has 2 aromatic rings. The molecule has 2 fully saturated rings. The molecule has 2 aromatic heterocycles. The highest BCUT2D eigenvalue weighted by atomic mass is 16.6. The van der Waals surface area contributed by atoms with E-state index in [4.69, 9.17) is 9.47 Å². The Balaban J connectivity index is 1.47. The first-order valence-corrected chi connectivity index (χ1v) is 13.3. The molecule has 39 heavy (non-hydrogen) atoms. The molecule has 1 N–H and O–H groups in total. The van der Waals surface area contributed by atoms with E-state index in [1.54, 1.807) is 42.3 Å². The van der Waals surface area contributed by atoms with Gasteiger partial charge in [0, 0.05) is 73.0 Å². The van der Waals surface area contributed by atoms with E-state index >= 15 is 0 Å². The summed E-state index contributed by atoms with van der Waals surface area (Å²) in [6, 6.07) is 0. The van der Waals surface area contributed by atoms with Gasteiger partial charge in [-0.1, -0.05) is 0 Å². The molecule has 4 rings (SSSR count). The lowest BCUT2D eigenvalue weighted by molar-refractivity contribution is 0.0525. The summed E-state index contributed by atoms with van der Waals surface area (Å²) in [5.74, 6) is 0.526. The summed E-state index contributed by atoms with van der Waals surface area (Å²) in [6.45, 7) is 8.19. The Morgan fingerprint density at radius 1 is 0.846 bits per heavy atom. The van der Waals surface area contributed by atoms with Crippen molar-refractivity contribution >= 4 is 29.3 Å². The van der Waals surface area contributed by atoms with Crippen LogP contribution in [0.25, 0.3) is 11.2 Å². The van der Waals surface area contributed by atoms with Crippen molar-refractivity contribution in [3.05, 3.63) is 20.8 Å². The number of imidazole rings is 1. The molecule has 15 heteroatoms. The summed E-state index contributed by atoms with van der Waals surface area (Å²) in [5, 5.41) is 10.8. The molecule has 0 bridgehead atoms. The van der Waals surface area contributed by atoms with Crippen molar-refractivity contribution in [2.45, 2.75) is 26.5 Å². The first-order valence-electron chi connectivity index (χ1n) is 13.3. The highest BCUT2D eigenvalue weighted by Crippen LogP contribution is 2.19. The first-order chi connectivity index (χ1) is 18.7. The third-order valence-corrected chi connectivity index (χ3v) is 7.19. The molecule has 216 valence electrons. The van der Waals surface area contributed by atoms with Crippen LogP contribution in [-0.4, -0.2) is 129 Å². The largest absolute Gasteiger partial charge is 0.450 e. The van der Waals surface area contributed by atoms with Crippen molar-refractivity contribution in [1.29, 1.82) is 0 Å². The van der Waals surface area contributed by atoms with Gasteiger partial charge in [0.25, 0.3) is 5.56 Å². The summed E-state index contributed by atoms with van der Waals surface area (Å²) in [4.78, 5) is 62.3. The minimum atomic E-state index is -0.967. The van der Waals surface area contributed by atoms with Crippen molar-refractivity contribution < 1.29 is 24.2 Å². The number of fused-ring (bicyclic) bond motifs is 1. The van der Waals surface area contributed by atoms with Crippen LogP contribution < -0.4 is 16.1 Å². The Hall–Kier alpha value is -3.59. The maximum Gasteiger partial charge on any atom is 0.409 e. The number of ether oxygens (including phenoxy) is 2. The van der Waals surface area contributed by atoms with Gasteiger partial charge in [-0.3, -0.25) is 18.8 Å². The fourth-order valence-electron chi connectivity index (χ4n) is 5.07. The zero-order valence-electron chi connectivity index (χ0n) is 23.0. The van der Waals surface area contributed by atoms with Gasteiger partial charge >= 0.3 is 17.9 Å². The molecule has 4 heterocycles. The minimum Gasteiger partial charge on any atom is -0.450 e. The van der Waals surface area contributed by atoms with Crippen LogP contribution in [0.15, 0.2) is 9.59 Å². The Labute approximate surface area is 225 Å². The van der Waals surface area contributed by atoms with Crippen LogP contribution >= 0.6 is 0 Å². The number of piperazine rings is 2. The predicted octanol–water partition coefficient (Wildman–Crippen LogP) is -1.15. The molecule has 0 aliphatic carbocycles. The normalized spacial score (nSPS) is 17.5. The summed E-state index contributed by atoms with van der Waals surface area (Å²) in [6.07, 6.45) is -1.67. The van der Waals surface area contributed by atoms with Crippen LogP contribution in [0.1, 0.15) is 13.8 Å². The Morgan fingerprint density at radius 2 is 1.38 bits per heavy atom. The van der Waals surface area contributed by atoms with Gasteiger partial charge in [-0.2, -0.15) is 4.98 Å². The number of aryl methyl sites for hydroxylation is 2. The predicted molar refractivity (Wildman–Crippen MR) is 142 cm³/mol. The number of amides is 2. The second kappa shape index (κ2) is 12.1. The Morgan fingerprint density at radius 3 is 1.92 bits per heavy atom. The number of β-amino-alcohol motifs (C(OH)–C–C–N with tert-alkyl or cyclic N) is 1. The van der Waals surface area contributed by atoms with E-state index < -0.39 is 17.4 Å². The van der Waals surface area contributed by atoms with Crippen LogP contribution in [0.3, 0.4) is 0 Å². The highest BCUT2D eigenvalue weighted by molar-refractivity contribution is 5.74.